The highest BCUT2D eigenvalue weighted by atomic mass is 16.1. The number of nitrogens with zero attached hydrogens (tertiary/aromatic N) is 3. The molecule has 1 heterocycles. The molecule has 0 aliphatic carbocycles. The molecule has 2 rings (SSSR count). The molecule has 2 aromatic rings. The van der Waals surface area contributed by atoms with Crippen molar-refractivity contribution < 1.29 is 0 Å². The van der Waals surface area contributed by atoms with Crippen LogP contribution >= 0.6 is 0 Å². The Morgan fingerprint density at radius 2 is 1.94 bits per heavy atom. The Morgan fingerprint density at radius 1 is 1.24 bits per heavy atom. The lowest BCUT2D eigenvalue weighted by Gasteiger charge is -2.10. The van der Waals surface area contributed by atoms with Crippen molar-refractivity contribution in [3.05, 3.63) is 39.7 Å². The minimum Gasteiger partial charge on any atom is -0.314 e. The second kappa shape index (κ2) is 4.20. The molecule has 0 saturated heterocycles. The van der Waals surface area contributed by atoms with E-state index in [1.165, 1.54) is 0 Å². The standard InChI is InChI=1S/C13H17N3O/c1-5-14-13-15(3)11-7-6-9(2)8-10(11)12(17)16(13)4/h6-8H,5H2,1-4H3. The largest absolute Gasteiger partial charge is 0.314 e. The third-order valence-corrected chi connectivity index (χ3v) is 2.95. The lowest BCUT2D eigenvalue weighted by molar-refractivity contribution is 0.673. The highest BCUT2D eigenvalue weighted by molar-refractivity contribution is 5.78. The van der Waals surface area contributed by atoms with Gasteiger partial charge in [0.1, 0.15) is 0 Å². The second-order valence-corrected chi connectivity index (χ2v) is 4.22. The number of aryl methyl sites for hydroxylation is 2. The van der Waals surface area contributed by atoms with Crippen molar-refractivity contribution in [3.8, 4) is 0 Å². The Labute approximate surface area is 99.9 Å². The van der Waals surface area contributed by atoms with Gasteiger partial charge in [-0.1, -0.05) is 11.6 Å². The van der Waals surface area contributed by atoms with Gasteiger partial charge in [-0.2, -0.15) is 0 Å². The number of fused-ring (bicyclic) bond motifs is 1. The minimum absolute atomic E-state index is 0.00833. The molecule has 0 atom stereocenters. The molecule has 0 amide bonds. The summed E-state index contributed by atoms with van der Waals surface area (Å²) in [6.07, 6.45) is 0. The summed E-state index contributed by atoms with van der Waals surface area (Å²) in [5, 5.41) is 0.741. The van der Waals surface area contributed by atoms with E-state index in [4.69, 9.17) is 0 Å². The normalized spacial score (nSPS) is 12.4. The van der Waals surface area contributed by atoms with Crippen molar-refractivity contribution in [3.63, 3.8) is 0 Å². The first-order valence-electron chi connectivity index (χ1n) is 5.73. The number of hydrogen-bond donors (Lipinski definition) is 0. The second-order valence-electron chi connectivity index (χ2n) is 4.22. The van der Waals surface area contributed by atoms with E-state index in [-0.39, 0.29) is 5.56 Å². The molecular weight excluding hydrogens is 214 g/mol. The first-order chi connectivity index (χ1) is 8.06. The SMILES string of the molecule is CCN=c1n(C)c(=O)c2cc(C)ccc2n1C. The zero-order valence-electron chi connectivity index (χ0n) is 10.7. The maximum atomic E-state index is 12.2. The first kappa shape index (κ1) is 11.6. The van der Waals surface area contributed by atoms with Crippen LogP contribution in [-0.2, 0) is 14.1 Å². The van der Waals surface area contributed by atoms with Gasteiger partial charge in [0, 0.05) is 20.6 Å². The van der Waals surface area contributed by atoms with Gasteiger partial charge in [-0.05, 0) is 26.0 Å². The fourth-order valence-electron chi connectivity index (χ4n) is 2.07. The molecule has 0 saturated carbocycles. The fraction of sp³-hybridized carbons (Fsp3) is 0.385. The van der Waals surface area contributed by atoms with E-state index in [1.54, 1.807) is 11.6 Å². The summed E-state index contributed by atoms with van der Waals surface area (Å²) in [4.78, 5) is 16.6. The number of benzene rings is 1. The van der Waals surface area contributed by atoms with Crippen molar-refractivity contribution in [1.29, 1.82) is 0 Å². The molecular formula is C13H17N3O. The highest BCUT2D eigenvalue weighted by Crippen LogP contribution is 2.09. The smallest absolute Gasteiger partial charge is 0.262 e. The molecule has 0 radical (unpaired) electrons. The van der Waals surface area contributed by atoms with Gasteiger partial charge < -0.3 is 4.57 Å². The summed E-state index contributed by atoms with van der Waals surface area (Å²) >= 11 is 0. The Hall–Kier alpha value is -1.84. The minimum atomic E-state index is 0.00833. The Morgan fingerprint density at radius 3 is 2.59 bits per heavy atom. The van der Waals surface area contributed by atoms with Crippen LogP contribution in [0.15, 0.2) is 28.0 Å². The van der Waals surface area contributed by atoms with Gasteiger partial charge in [-0.3, -0.25) is 14.4 Å². The molecule has 17 heavy (non-hydrogen) atoms. The molecule has 0 unspecified atom stereocenters. The molecule has 0 bridgehead atoms. The highest BCUT2D eigenvalue weighted by Gasteiger charge is 2.06. The zero-order valence-corrected chi connectivity index (χ0v) is 10.7. The summed E-state index contributed by atoms with van der Waals surface area (Å²) in [5.74, 6) is 0. The van der Waals surface area contributed by atoms with Crippen molar-refractivity contribution in [1.82, 2.24) is 9.13 Å². The van der Waals surface area contributed by atoms with E-state index in [0.717, 1.165) is 16.5 Å². The van der Waals surface area contributed by atoms with Crippen LogP contribution in [0.5, 0.6) is 0 Å². The average molecular weight is 231 g/mol. The van der Waals surface area contributed by atoms with Gasteiger partial charge in [0.25, 0.3) is 5.56 Å². The van der Waals surface area contributed by atoms with Crippen molar-refractivity contribution in [2.45, 2.75) is 13.8 Å². The van der Waals surface area contributed by atoms with Crippen molar-refractivity contribution in [2.75, 3.05) is 6.54 Å². The van der Waals surface area contributed by atoms with Crippen molar-refractivity contribution >= 4 is 10.9 Å². The third kappa shape index (κ3) is 1.79. The van der Waals surface area contributed by atoms with Gasteiger partial charge in [0.15, 0.2) is 0 Å². The van der Waals surface area contributed by atoms with E-state index in [1.807, 2.05) is 43.7 Å². The molecule has 1 aromatic carbocycles. The lowest BCUT2D eigenvalue weighted by Crippen LogP contribution is -2.38. The van der Waals surface area contributed by atoms with Crippen LogP contribution in [0, 0.1) is 6.92 Å². The number of rotatable bonds is 1. The topological polar surface area (TPSA) is 39.3 Å². The van der Waals surface area contributed by atoms with Gasteiger partial charge >= 0.3 is 0 Å². The van der Waals surface area contributed by atoms with Gasteiger partial charge in [-0.15, -0.1) is 0 Å². The van der Waals surface area contributed by atoms with Gasteiger partial charge in [-0.25, -0.2) is 0 Å². The maximum Gasteiger partial charge on any atom is 0.262 e. The van der Waals surface area contributed by atoms with Crippen LogP contribution in [0.3, 0.4) is 0 Å². The molecule has 4 heteroatoms. The summed E-state index contributed by atoms with van der Waals surface area (Å²) in [6, 6.07) is 5.91. The molecule has 0 aliphatic rings. The summed E-state index contributed by atoms with van der Waals surface area (Å²) < 4.78 is 3.56. The summed E-state index contributed by atoms with van der Waals surface area (Å²) in [7, 11) is 3.70. The maximum absolute atomic E-state index is 12.2. The van der Waals surface area contributed by atoms with E-state index < -0.39 is 0 Å². The first-order valence-corrected chi connectivity index (χ1v) is 5.73. The molecule has 0 spiro atoms. The predicted octanol–water partition coefficient (Wildman–Crippen LogP) is 1.11. The van der Waals surface area contributed by atoms with E-state index in [2.05, 4.69) is 4.99 Å². The fourth-order valence-corrected chi connectivity index (χ4v) is 2.07. The van der Waals surface area contributed by atoms with Crippen molar-refractivity contribution in [2.24, 2.45) is 19.1 Å². The molecule has 1 aromatic heterocycles. The van der Waals surface area contributed by atoms with Crippen LogP contribution in [0.2, 0.25) is 0 Å². The molecule has 0 aliphatic heterocycles. The lowest BCUT2D eigenvalue weighted by atomic mass is 10.1. The summed E-state index contributed by atoms with van der Waals surface area (Å²) in [6.45, 7) is 4.62. The summed E-state index contributed by atoms with van der Waals surface area (Å²) in [5.41, 5.74) is 2.73. The van der Waals surface area contributed by atoms with E-state index in [0.29, 0.717) is 12.2 Å². The zero-order chi connectivity index (χ0) is 12.6. The predicted molar refractivity (Wildman–Crippen MR) is 69.0 cm³/mol. The number of hydrogen-bond acceptors (Lipinski definition) is 2. The Bertz CT molecular complexity index is 692. The monoisotopic (exact) mass is 231 g/mol. The van der Waals surface area contributed by atoms with Crippen LogP contribution in [0.25, 0.3) is 10.9 Å². The molecule has 0 fully saturated rings. The molecule has 90 valence electrons. The van der Waals surface area contributed by atoms with Gasteiger partial charge in [0.05, 0.1) is 10.9 Å². The van der Waals surface area contributed by atoms with Gasteiger partial charge in [0.2, 0.25) is 5.62 Å². The number of aromatic nitrogens is 2. The van der Waals surface area contributed by atoms with Crippen LogP contribution in [0.4, 0.5) is 0 Å². The third-order valence-electron chi connectivity index (χ3n) is 2.95. The van der Waals surface area contributed by atoms with Crippen LogP contribution in [-0.4, -0.2) is 15.7 Å². The Kier molecular flexibility index (Phi) is 2.88. The quantitative estimate of drug-likeness (QED) is 0.724. The van der Waals surface area contributed by atoms with Crippen LogP contribution < -0.4 is 11.2 Å². The van der Waals surface area contributed by atoms with E-state index in [9.17, 15) is 4.79 Å². The Balaban J connectivity index is 3.06. The average Bonchev–Trinajstić information content (AvgIpc) is 2.32. The van der Waals surface area contributed by atoms with Crippen LogP contribution in [0.1, 0.15) is 12.5 Å². The molecule has 0 N–H and O–H groups in total. The van der Waals surface area contributed by atoms with E-state index >= 15 is 0 Å². The molecule has 4 nitrogen and oxygen atoms in total.